The van der Waals surface area contributed by atoms with Crippen molar-refractivity contribution in [3.8, 4) is 0 Å². The molecule has 88 valence electrons. The molecule has 0 aliphatic rings. The van der Waals surface area contributed by atoms with Gasteiger partial charge in [0.25, 0.3) is 5.91 Å². The predicted octanol–water partition coefficient (Wildman–Crippen LogP) is 1.82. The number of carbonyl (C=O) groups excluding carboxylic acids is 1. The van der Waals surface area contributed by atoms with Gasteiger partial charge in [-0.3, -0.25) is 10.1 Å². The van der Waals surface area contributed by atoms with Crippen molar-refractivity contribution in [2.75, 3.05) is 5.32 Å². The molecule has 0 saturated carbocycles. The molecular weight excluding hydrogens is 251 g/mol. The minimum atomic E-state index is -0.675. The van der Waals surface area contributed by atoms with Gasteiger partial charge in [0.15, 0.2) is 0 Å². The first-order chi connectivity index (χ1) is 8.06. The van der Waals surface area contributed by atoms with E-state index < -0.39 is 11.7 Å². The van der Waals surface area contributed by atoms with Gasteiger partial charge in [-0.1, -0.05) is 16.7 Å². The van der Waals surface area contributed by atoms with Gasteiger partial charge in [-0.05, 0) is 6.07 Å². The molecule has 0 fully saturated rings. The molecule has 8 heteroatoms. The second-order valence-corrected chi connectivity index (χ2v) is 3.43. The van der Waals surface area contributed by atoms with Crippen molar-refractivity contribution in [1.29, 1.82) is 0 Å². The van der Waals surface area contributed by atoms with Crippen LogP contribution in [0, 0.1) is 12.7 Å². The Balaban J connectivity index is 2.22. The summed E-state index contributed by atoms with van der Waals surface area (Å²) in [7, 11) is 0. The zero-order valence-electron chi connectivity index (χ0n) is 8.57. The Morgan fingerprint density at radius 1 is 1.53 bits per heavy atom. The van der Waals surface area contributed by atoms with Gasteiger partial charge in [0.1, 0.15) is 11.0 Å². The van der Waals surface area contributed by atoms with Crippen LogP contribution >= 0.6 is 11.6 Å². The summed E-state index contributed by atoms with van der Waals surface area (Å²) in [5.74, 6) is -1.05. The Morgan fingerprint density at radius 2 is 2.29 bits per heavy atom. The maximum Gasteiger partial charge on any atom is 0.322 e. The second-order valence-electron chi connectivity index (χ2n) is 3.07. The van der Waals surface area contributed by atoms with Gasteiger partial charge in [0.05, 0.1) is 11.8 Å². The highest BCUT2D eigenvalue weighted by molar-refractivity contribution is 6.33. The van der Waals surface area contributed by atoms with Crippen LogP contribution in [0.5, 0.6) is 0 Å². The summed E-state index contributed by atoms with van der Waals surface area (Å²) < 4.78 is 17.8. The molecule has 2 rings (SSSR count). The van der Waals surface area contributed by atoms with Crippen molar-refractivity contribution < 1.29 is 13.6 Å². The molecule has 0 radical (unpaired) electrons. The molecule has 2 aromatic heterocycles. The van der Waals surface area contributed by atoms with Crippen LogP contribution in [-0.4, -0.2) is 21.1 Å². The molecule has 0 bridgehead atoms. The minimum Gasteiger partial charge on any atom is -0.408 e. The van der Waals surface area contributed by atoms with Crippen molar-refractivity contribution in [3.05, 3.63) is 34.7 Å². The highest BCUT2D eigenvalue weighted by atomic mass is 35.5. The lowest BCUT2D eigenvalue weighted by Gasteiger charge is -2.02. The lowest BCUT2D eigenvalue weighted by Crippen LogP contribution is -2.13. The number of rotatable bonds is 2. The van der Waals surface area contributed by atoms with Crippen molar-refractivity contribution in [2.45, 2.75) is 6.92 Å². The zero-order chi connectivity index (χ0) is 12.4. The van der Waals surface area contributed by atoms with E-state index in [1.807, 2.05) is 0 Å². The fourth-order valence-corrected chi connectivity index (χ4v) is 1.28. The minimum absolute atomic E-state index is 0.0900. The zero-order valence-corrected chi connectivity index (χ0v) is 9.32. The fourth-order valence-electron chi connectivity index (χ4n) is 1.09. The van der Waals surface area contributed by atoms with E-state index in [2.05, 4.69) is 20.5 Å². The number of amides is 1. The van der Waals surface area contributed by atoms with E-state index in [0.29, 0.717) is 5.89 Å². The molecule has 1 N–H and O–H groups in total. The third-order valence-corrected chi connectivity index (χ3v) is 2.10. The molecule has 17 heavy (non-hydrogen) atoms. The Hall–Kier alpha value is -2.02. The van der Waals surface area contributed by atoms with E-state index in [4.69, 9.17) is 16.0 Å². The van der Waals surface area contributed by atoms with Crippen LogP contribution < -0.4 is 5.32 Å². The molecule has 0 spiro atoms. The summed E-state index contributed by atoms with van der Waals surface area (Å²) in [5, 5.41) is 9.24. The first-order valence-electron chi connectivity index (χ1n) is 4.49. The maximum atomic E-state index is 12.9. The average molecular weight is 257 g/mol. The number of hydrogen-bond donors (Lipinski definition) is 1. The Bertz CT molecular complexity index is 572. The Labute approximate surface area is 99.8 Å². The summed E-state index contributed by atoms with van der Waals surface area (Å²) >= 11 is 5.66. The molecule has 2 aromatic rings. The molecule has 1 amide bonds. The molecule has 0 aliphatic carbocycles. The summed E-state index contributed by atoms with van der Waals surface area (Å²) in [4.78, 5) is 15.2. The average Bonchev–Trinajstić information content (AvgIpc) is 2.67. The second kappa shape index (κ2) is 4.46. The monoisotopic (exact) mass is 256 g/mol. The van der Waals surface area contributed by atoms with Gasteiger partial charge in [0, 0.05) is 6.92 Å². The lowest BCUT2D eigenvalue weighted by atomic mass is 10.2. The summed E-state index contributed by atoms with van der Waals surface area (Å²) in [6.07, 6.45) is 0.913. The number of hydrogen-bond acceptors (Lipinski definition) is 5. The molecule has 0 atom stereocenters. The van der Waals surface area contributed by atoms with E-state index in [0.717, 1.165) is 12.3 Å². The first-order valence-corrected chi connectivity index (χ1v) is 4.86. The number of nitrogens with zero attached hydrogens (tertiary/aromatic N) is 3. The molecule has 2 heterocycles. The molecule has 6 nitrogen and oxygen atoms in total. The fraction of sp³-hybridized carbons (Fsp3) is 0.111. The van der Waals surface area contributed by atoms with Crippen LogP contribution in [0.2, 0.25) is 5.15 Å². The standard InChI is InChI=1S/C9H6ClFN4O2/c1-4-14-15-9(17-4)13-8(16)6-2-5(11)3-12-7(6)10/h2-3H,1H3,(H,13,15,16). The topological polar surface area (TPSA) is 80.9 Å². The Morgan fingerprint density at radius 3 is 2.94 bits per heavy atom. The van der Waals surface area contributed by atoms with Gasteiger partial charge in [-0.25, -0.2) is 9.37 Å². The maximum absolute atomic E-state index is 12.9. The van der Waals surface area contributed by atoms with E-state index in [1.165, 1.54) is 0 Å². The van der Waals surface area contributed by atoms with Crippen LogP contribution in [0.3, 0.4) is 0 Å². The number of carbonyl (C=O) groups is 1. The summed E-state index contributed by atoms with van der Waals surface area (Å²) in [5.41, 5.74) is -0.109. The number of nitrogens with one attached hydrogen (secondary N) is 1. The van der Waals surface area contributed by atoms with Crippen molar-refractivity contribution in [2.24, 2.45) is 0 Å². The highest BCUT2D eigenvalue weighted by Gasteiger charge is 2.15. The normalized spacial score (nSPS) is 10.3. The van der Waals surface area contributed by atoms with Crippen molar-refractivity contribution >= 4 is 23.5 Å². The van der Waals surface area contributed by atoms with Crippen molar-refractivity contribution in [3.63, 3.8) is 0 Å². The SMILES string of the molecule is Cc1nnc(NC(=O)c2cc(F)cnc2Cl)o1. The number of aryl methyl sites for hydroxylation is 1. The summed E-state index contributed by atoms with van der Waals surface area (Å²) in [6.45, 7) is 1.57. The third-order valence-electron chi connectivity index (χ3n) is 1.80. The molecule has 0 saturated heterocycles. The van der Waals surface area contributed by atoms with Crippen LogP contribution in [0.1, 0.15) is 16.2 Å². The van der Waals surface area contributed by atoms with Crippen LogP contribution in [0.25, 0.3) is 0 Å². The Kier molecular flexibility index (Phi) is 3.01. The lowest BCUT2D eigenvalue weighted by molar-refractivity contribution is 0.102. The third kappa shape index (κ3) is 2.56. The largest absolute Gasteiger partial charge is 0.408 e. The van der Waals surface area contributed by atoms with E-state index in [-0.39, 0.29) is 16.7 Å². The molecular formula is C9H6ClFN4O2. The van der Waals surface area contributed by atoms with Crippen LogP contribution in [0.4, 0.5) is 10.4 Å². The van der Waals surface area contributed by atoms with Crippen LogP contribution in [-0.2, 0) is 0 Å². The molecule has 0 aromatic carbocycles. The van der Waals surface area contributed by atoms with Gasteiger partial charge in [-0.15, -0.1) is 5.10 Å². The number of aromatic nitrogens is 3. The van der Waals surface area contributed by atoms with Crippen LogP contribution in [0.15, 0.2) is 16.7 Å². The van der Waals surface area contributed by atoms with Gasteiger partial charge < -0.3 is 4.42 Å². The number of pyridine rings is 1. The molecule has 0 aliphatic heterocycles. The van der Waals surface area contributed by atoms with Gasteiger partial charge in [0.2, 0.25) is 5.89 Å². The van der Waals surface area contributed by atoms with E-state index in [9.17, 15) is 9.18 Å². The molecule has 0 unspecified atom stereocenters. The quantitative estimate of drug-likeness (QED) is 0.829. The summed E-state index contributed by atoms with van der Waals surface area (Å²) in [6, 6.07) is 0.876. The number of halogens is 2. The van der Waals surface area contributed by atoms with Gasteiger partial charge >= 0.3 is 6.01 Å². The smallest absolute Gasteiger partial charge is 0.322 e. The highest BCUT2D eigenvalue weighted by Crippen LogP contribution is 2.15. The predicted molar refractivity (Wildman–Crippen MR) is 56.2 cm³/mol. The van der Waals surface area contributed by atoms with E-state index >= 15 is 0 Å². The first kappa shape index (κ1) is 11.5. The number of anilines is 1. The van der Waals surface area contributed by atoms with Gasteiger partial charge in [-0.2, -0.15) is 0 Å². The van der Waals surface area contributed by atoms with E-state index in [1.54, 1.807) is 6.92 Å². The van der Waals surface area contributed by atoms with Crippen molar-refractivity contribution in [1.82, 2.24) is 15.2 Å².